The second-order valence-corrected chi connectivity index (χ2v) is 9.20. The molecule has 3 heterocycles. The molecule has 3 aromatic heterocycles. The maximum absolute atomic E-state index is 14.0. The van der Waals surface area contributed by atoms with Crippen molar-refractivity contribution in [2.75, 3.05) is 13.1 Å². The van der Waals surface area contributed by atoms with E-state index in [0.717, 1.165) is 11.1 Å². The van der Waals surface area contributed by atoms with E-state index in [0.29, 0.717) is 60.3 Å². The standard InChI is InChI=1S/C30H30N6O2/c1-2-26(35(18-8-14-31)29(37)22-12-13-24-25(20-22)33-16-15-32-24)28-23(19-21-9-4-3-5-10-21)30(38)36-17-7-6-11-27(36)34-28/h3-7,9-13,15-17,20,26H,2,8,14,18-19,31H2,1H3. The molecule has 8 heteroatoms. The van der Waals surface area contributed by atoms with E-state index in [9.17, 15) is 9.59 Å². The molecule has 0 saturated heterocycles. The fourth-order valence-corrected chi connectivity index (χ4v) is 4.87. The SMILES string of the molecule is CCC(c1nc2ccccn2c(=O)c1Cc1ccccc1)N(CCCN)C(=O)c1ccc2nccnc2c1. The Bertz CT molecular complexity index is 1630. The number of nitrogens with zero attached hydrogens (tertiary/aromatic N) is 5. The molecule has 8 nitrogen and oxygen atoms in total. The van der Waals surface area contributed by atoms with E-state index in [1.165, 1.54) is 0 Å². The van der Waals surface area contributed by atoms with Crippen molar-refractivity contribution in [3.63, 3.8) is 0 Å². The van der Waals surface area contributed by atoms with Crippen molar-refractivity contribution >= 4 is 22.6 Å². The molecular weight excluding hydrogens is 476 g/mol. The average molecular weight is 507 g/mol. The second kappa shape index (κ2) is 11.3. The molecule has 5 aromatic rings. The molecule has 0 saturated carbocycles. The maximum atomic E-state index is 14.0. The highest BCUT2D eigenvalue weighted by Gasteiger charge is 2.29. The minimum atomic E-state index is -0.414. The van der Waals surface area contributed by atoms with Gasteiger partial charge in [0.25, 0.3) is 11.5 Å². The van der Waals surface area contributed by atoms with E-state index in [1.54, 1.807) is 46.1 Å². The van der Waals surface area contributed by atoms with Crippen LogP contribution in [0, 0.1) is 0 Å². The van der Waals surface area contributed by atoms with Gasteiger partial charge >= 0.3 is 0 Å². The van der Waals surface area contributed by atoms with Gasteiger partial charge in [-0.1, -0.05) is 43.3 Å². The Morgan fingerprint density at radius 2 is 1.76 bits per heavy atom. The molecule has 0 aliphatic carbocycles. The monoisotopic (exact) mass is 506 g/mol. The average Bonchev–Trinajstić information content (AvgIpc) is 2.97. The van der Waals surface area contributed by atoms with Gasteiger partial charge in [-0.25, -0.2) is 4.98 Å². The van der Waals surface area contributed by atoms with Crippen LogP contribution in [-0.4, -0.2) is 43.2 Å². The van der Waals surface area contributed by atoms with Crippen LogP contribution in [-0.2, 0) is 6.42 Å². The summed E-state index contributed by atoms with van der Waals surface area (Å²) < 4.78 is 1.57. The summed E-state index contributed by atoms with van der Waals surface area (Å²) in [6.45, 7) is 2.89. The smallest absolute Gasteiger partial charge is 0.261 e. The number of amides is 1. The molecular formula is C30H30N6O2. The van der Waals surface area contributed by atoms with Crippen molar-refractivity contribution in [1.29, 1.82) is 0 Å². The van der Waals surface area contributed by atoms with Gasteiger partial charge in [0, 0.05) is 42.7 Å². The minimum Gasteiger partial charge on any atom is -0.330 e. The summed E-state index contributed by atoms with van der Waals surface area (Å²) in [6, 6.07) is 20.3. The van der Waals surface area contributed by atoms with E-state index < -0.39 is 6.04 Å². The molecule has 38 heavy (non-hydrogen) atoms. The van der Waals surface area contributed by atoms with Crippen LogP contribution in [0.1, 0.15) is 53.0 Å². The predicted octanol–water partition coefficient (Wildman–Crippen LogP) is 4.17. The summed E-state index contributed by atoms with van der Waals surface area (Å²) >= 11 is 0. The Morgan fingerprint density at radius 1 is 1.00 bits per heavy atom. The highest BCUT2D eigenvalue weighted by atomic mass is 16.2. The van der Waals surface area contributed by atoms with Gasteiger partial charge in [0.15, 0.2) is 0 Å². The van der Waals surface area contributed by atoms with Gasteiger partial charge in [-0.15, -0.1) is 0 Å². The minimum absolute atomic E-state index is 0.125. The Kier molecular flexibility index (Phi) is 7.51. The van der Waals surface area contributed by atoms with Gasteiger partial charge in [-0.05, 0) is 55.3 Å². The van der Waals surface area contributed by atoms with Crippen molar-refractivity contribution in [2.24, 2.45) is 5.73 Å². The quantitative estimate of drug-likeness (QED) is 0.322. The number of carbonyl (C=O) groups is 1. The Hall–Kier alpha value is -4.43. The number of aromatic nitrogens is 4. The van der Waals surface area contributed by atoms with Crippen LogP contribution >= 0.6 is 0 Å². The van der Waals surface area contributed by atoms with Gasteiger partial charge in [-0.3, -0.25) is 24.0 Å². The lowest BCUT2D eigenvalue weighted by Gasteiger charge is -2.32. The van der Waals surface area contributed by atoms with Crippen LogP contribution in [0.25, 0.3) is 16.7 Å². The van der Waals surface area contributed by atoms with Crippen LogP contribution in [0.4, 0.5) is 0 Å². The first-order valence-electron chi connectivity index (χ1n) is 12.9. The lowest BCUT2D eigenvalue weighted by Crippen LogP contribution is -2.38. The van der Waals surface area contributed by atoms with Gasteiger partial charge in [-0.2, -0.15) is 0 Å². The van der Waals surface area contributed by atoms with Crippen LogP contribution in [0.15, 0.2) is 90.1 Å². The number of carbonyl (C=O) groups excluding carboxylic acids is 1. The normalized spacial score (nSPS) is 12.1. The third-order valence-corrected chi connectivity index (χ3v) is 6.74. The number of hydrogen-bond donors (Lipinski definition) is 1. The fraction of sp³-hybridized carbons (Fsp3) is 0.233. The molecule has 2 N–H and O–H groups in total. The molecule has 0 bridgehead atoms. The van der Waals surface area contributed by atoms with E-state index in [2.05, 4.69) is 9.97 Å². The molecule has 0 radical (unpaired) electrons. The van der Waals surface area contributed by atoms with Gasteiger partial charge in [0.05, 0.1) is 22.8 Å². The molecule has 0 aliphatic rings. The highest BCUT2D eigenvalue weighted by molar-refractivity contribution is 5.97. The second-order valence-electron chi connectivity index (χ2n) is 9.20. The van der Waals surface area contributed by atoms with E-state index in [-0.39, 0.29) is 11.5 Å². The van der Waals surface area contributed by atoms with Crippen LogP contribution in [0.5, 0.6) is 0 Å². The zero-order chi connectivity index (χ0) is 26.5. The molecule has 0 aliphatic heterocycles. The molecule has 0 spiro atoms. The van der Waals surface area contributed by atoms with Crippen molar-refractivity contribution in [2.45, 2.75) is 32.2 Å². The number of hydrogen-bond acceptors (Lipinski definition) is 6. The van der Waals surface area contributed by atoms with E-state index in [1.807, 2.05) is 55.5 Å². The summed E-state index contributed by atoms with van der Waals surface area (Å²) in [7, 11) is 0. The maximum Gasteiger partial charge on any atom is 0.261 e. The van der Waals surface area contributed by atoms with E-state index in [4.69, 9.17) is 10.7 Å². The summed E-state index contributed by atoms with van der Waals surface area (Å²) in [4.78, 5) is 43.3. The van der Waals surface area contributed by atoms with Crippen LogP contribution in [0.3, 0.4) is 0 Å². The van der Waals surface area contributed by atoms with Crippen LogP contribution < -0.4 is 11.3 Å². The van der Waals surface area contributed by atoms with Crippen molar-refractivity contribution in [1.82, 2.24) is 24.3 Å². The first kappa shape index (κ1) is 25.2. The van der Waals surface area contributed by atoms with E-state index >= 15 is 0 Å². The van der Waals surface area contributed by atoms with Gasteiger partial charge < -0.3 is 10.6 Å². The Morgan fingerprint density at radius 3 is 2.53 bits per heavy atom. The summed E-state index contributed by atoms with van der Waals surface area (Å²) in [5.41, 5.74) is 10.4. The predicted molar refractivity (Wildman–Crippen MR) is 148 cm³/mol. The lowest BCUT2D eigenvalue weighted by molar-refractivity contribution is 0.0664. The number of fused-ring (bicyclic) bond motifs is 2. The van der Waals surface area contributed by atoms with Crippen molar-refractivity contribution < 1.29 is 4.79 Å². The number of benzene rings is 2. The third kappa shape index (κ3) is 5.03. The number of pyridine rings is 1. The molecule has 1 atom stereocenters. The third-order valence-electron chi connectivity index (χ3n) is 6.74. The molecule has 2 aromatic carbocycles. The Balaban J connectivity index is 1.64. The number of rotatable bonds is 9. The summed E-state index contributed by atoms with van der Waals surface area (Å²) in [5.74, 6) is -0.154. The fourth-order valence-electron chi connectivity index (χ4n) is 4.87. The van der Waals surface area contributed by atoms with Gasteiger partial charge in [0.2, 0.25) is 0 Å². The first-order chi connectivity index (χ1) is 18.6. The lowest BCUT2D eigenvalue weighted by atomic mass is 9.97. The topological polar surface area (TPSA) is 106 Å². The first-order valence-corrected chi connectivity index (χ1v) is 12.9. The Labute approximate surface area is 220 Å². The zero-order valence-corrected chi connectivity index (χ0v) is 21.3. The van der Waals surface area contributed by atoms with Gasteiger partial charge in [0.1, 0.15) is 5.65 Å². The molecule has 192 valence electrons. The summed E-state index contributed by atoms with van der Waals surface area (Å²) in [6.07, 6.45) is 6.60. The summed E-state index contributed by atoms with van der Waals surface area (Å²) in [5, 5.41) is 0. The molecule has 1 unspecified atom stereocenters. The highest BCUT2D eigenvalue weighted by Crippen LogP contribution is 2.29. The molecule has 5 rings (SSSR count). The molecule has 1 amide bonds. The number of nitrogens with two attached hydrogens (primary N) is 1. The van der Waals surface area contributed by atoms with Crippen LogP contribution in [0.2, 0.25) is 0 Å². The van der Waals surface area contributed by atoms with Crippen molar-refractivity contribution in [3.8, 4) is 0 Å². The zero-order valence-electron chi connectivity index (χ0n) is 21.3. The van der Waals surface area contributed by atoms with Crippen molar-refractivity contribution in [3.05, 3.63) is 118 Å². The largest absolute Gasteiger partial charge is 0.330 e. The molecule has 0 fully saturated rings.